The summed E-state index contributed by atoms with van der Waals surface area (Å²) >= 11 is 1.32. The Morgan fingerprint density at radius 3 is 2.57 bits per heavy atom. The summed E-state index contributed by atoms with van der Waals surface area (Å²) in [6.07, 6.45) is 1.93. The van der Waals surface area contributed by atoms with Gasteiger partial charge in [0, 0.05) is 25.6 Å². The van der Waals surface area contributed by atoms with Crippen molar-refractivity contribution in [2.75, 3.05) is 38.2 Å². The van der Waals surface area contributed by atoms with Gasteiger partial charge in [-0.15, -0.1) is 11.3 Å². The van der Waals surface area contributed by atoms with Crippen LogP contribution in [0.4, 0.5) is 5.00 Å². The van der Waals surface area contributed by atoms with Crippen LogP contribution in [0.15, 0.2) is 42.5 Å². The summed E-state index contributed by atoms with van der Waals surface area (Å²) in [6, 6.07) is 13.5. The lowest BCUT2D eigenvalue weighted by Crippen LogP contribution is -2.43. The van der Waals surface area contributed by atoms with Crippen LogP contribution in [-0.4, -0.2) is 49.6 Å². The highest BCUT2D eigenvalue weighted by atomic mass is 32.1. The number of carbonyl (C=O) groups excluding carboxylic acids is 2. The Bertz CT molecular complexity index is 813. The van der Waals surface area contributed by atoms with Crippen molar-refractivity contribution in [1.82, 2.24) is 10.2 Å². The molecule has 0 bridgehead atoms. The number of amides is 2. The van der Waals surface area contributed by atoms with Gasteiger partial charge in [-0.05, 0) is 30.5 Å². The third-order valence-electron chi connectivity index (χ3n) is 5.08. The number of thiophene rings is 1. The van der Waals surface area contributed by atoms with Crippen LogP contribution in [0.3, 0.4) is 0 Å². The van der Waals surface area contributed by atoms with Crippen molar-refractivity contribution < 1.29 is 14.3 Å². The van der Waals surface area contributed by atoms with Crippen LogP contribution in [0.1, 0.15) is 34.1 Å². The Labute approximate surface area is 168 Å². The quantitative estimate of drug-likeness (QED) is 0.751. The molecule has 1 atom stereocenters. The molecule has 2 aromatic rings. The van der Waals surface area contributed by atoms with E-state index in [-0.39, 0.29) is 23.8 Å². The largest absolute Gasteiger partial charge is 0.379 e. The minimum atomic E-state index is -0.112. The van der Waals surface area contributed by atoms with E-state index in [0.717, 1.165) is 56.3 Å². The Kier molecular flexibility index (Phi) is 6.04. The molecular formula is C21H25N3O3S. The van der Waals surface area contributed by atoms with E-state index in [1.807, 2.05) is 30.3 Å². The lowest BCUT2D eigenvalue weighted by atomic mass is 10.1. The van der Waals surface area contributed by atoms with Crippen LogP contribution in [0, 0.1) is 5.92 Å². The molecule has 2 N–H and O–H groups in total. The molecular weight excluding hydrogens is 374 g/mol. The van der Waals surface area contributed by atoms with Gasteiger partial charge in [-0.25, -0.2) is 0 Å². The van der Waals surface area contributed by atoms with Gasteiger partial charge < -0.3 is 15.4 Å². The number of benzene rings is 1. The van der Waals surface area contributed by atoms with Crippen LogP contribution in [0.25, 0.3) is 0 Å². The van der Waals surface area contributed by atoms with Gasteiger partial charge >= 0.3 is 0 Å². The normalized spacial score (nSPS) is 18.4. The fraction of sp³-hybridized carbons (Fsp3) is 0.429. The van der Waals surface area contributed by atoms with Crippen molar-refractivity contribution in [2.45, 2.75) is 18.9 Å². The summed E-state index contributed by atoms with van der Waals surface area (Å²) in [7, 11) is 0. The summed E-state index contributed by atoms with van der Waals surface area (Å²) in [6.45, 7) is 3.94. The van der Waals surface area contributed by atoms with E-state index in [2.05, 4.69) is 15.5 Å². The Hall–Kier alpha value is -2.22. The Morgan fingerprint density at radius 1 is 1.11 bits per heavy atom. The van der Waals surface area contributed by atoms with E-state index in [4.69, 9.17) is 4.74 Å². The first-order valence-corrected chi connectivity index (χ1v) is 10.6. The third-order valence-corrected chi connectivity index (χ3v) is 6.08. The minimum Gasteiger partial charge on any atom is -0.379 e. The van der Waals surface area contributed by atoms with Crippen molar-refractivity contribution in [2.24, 2.45) is 5.92 Å². The number of hydrogen-bond acceptors (Lipinski definition) is 5. The predicted octanol–water partition coefficient (Wildman–Crippen LogP) is 2.90. The number of morpholine rings is 1. The highest BCUT2D eigenvalue weighted by molar-refractivity contribution is 7.18. The first kappa shape index (κ1) is 19.1. The maximum Gasteiger partial charge on any atom is 0.261 e. The maximum absolute atomic E-state index is 12.9. The maximum atomic E-state index is 12.9. The van der Waals surface area contributed by atoms with Crippen molar-refractivity contribution >= 4 is 28.2 Å². The second-order valence-electron chi connectivity index (χ2n) is 7.28. The third kappa shape index (κ3) is 4.98. The highest BCUT2D eigenvalue weighted by Gasteiger charge is 2.30. The monoisotopic (exact) mass is 399 g/mol. The molecule has 6 nitrogen and oxygen atoms in total. The first-order chi connectivity index (χ1) is 13.7. The molecule has 1 saturated heterocycles. The molecule has 2 heterocycles. The highest BCUT2D eigenvalue weighted by Crippen LogP contribution is 2.31. The van der Waals surface area contributed by atoms with Crippen molar-refractivity contribution in [3.63, 3.8) is 0 Å². The van der Waals surface area contributed by atoms with Crippen LogP contribution in [0.5, 0.6) is 0 Å². The predicted molar refractivity (Wildman–Crippen MR) is 110 cm³/mol. The van der Waals surface area contributed by atoms with E-state index in [1.54, 1.807) is 12.1 Å². The molecule has 1 aliphatic carbocycles. The Morgan fingerprint density at radius 2 is 1.86 bits per heavy atom. The van der Waals surface area contributed by atoms with E-state index in [1.165, 1.54) is 11.3 Å². The zero-order chi connectivity index (χ0) is 19.3. The molecule has 7 heteroatoms. The number of ether oxygens (including phenoxy) is 1. The van der Waals surface area contributed by atoms with Crippen LogP contribution < -0.4 is 10.6 Å². The molecule has 148 valence electrons. The SMILES string of the molecule is O=C(N[C@@H](CN1CCOCC1)c1ccccc1)c1ccc(NC(=O)C2CC2)s1. The number of anilines is 1. The molecule has 0 spiro atoms. The van der Waals surface area contributed by atoms with Crippen molar-refractivity contribution in [3.8, 4) is 0 Å². The summed E-state index contributed by atoms with van der Waals surface area (Å²) in [5.41, 5.74) is 1.08. The smallest absolute Gasteiger partial charge is 0.261 e. The van der Waals surface area contributed by atoms with E-state index in [0.29, 0.717) is 4.88 Å². The van der Waals surface area contributed by atoms with Gasteiger partial charge in [0.1, 0.15) is 0 Å². The van der Waals surface area contributed by atoms with Crippen molar-refractivity contribution in [1.29, 1.82) is 0 Å². The lowest BCUT2D eigenvalue weighted by Gasteiger charge is -2.31. The standard InChI is InChI=1S/C21H25N3O3S/c25-20(16-6-7-16)23-19-9-8-18(28-19)21(26)22-17(15-4-2-1-3-5-15)14-24-10-12-27-13-11-24/h1-5,8-9,16-17H,6-7,10-14H2,(H,22,26)(H,23,25)/t17-/m0/s1. The first-order valence-electron chi connectivity index (χ1n) is 9.75. The number of nitrogens with zero attached hydrogens (tertiary/aromatic N) is 1. The molecule has 1 saturated carbocycles. The van der Waals surface area contributed by atoms with Gasteiger partial charge in [0.15, 0.2) is 0 Å². The minimum absolute atomic E-state index is 0.0586. The average molecular weight is 400 g/mol. The van der Waals surface area contributed by atoms with Crippen LogP contribution in [0.2, 0.25) is 0 Å². The van der Waals surface area contributed by atoms with Gasteiger partial charge in [-0.1, -0.05) is 30.3 Å². The van der Waals surface area contributed by atoms with Crippen LogP contribution >= 0.6 is 11.3 Å². The van der Waals surface area contributed by atoms with Crippen LogP contribution in [-0.2, 0) is 9.53 Å². The molecule has 0 unspecified atom stereocenters. The number of nitrogens with one attached hydrogen (secondary N) is 2. The average Bonchev–Trinajstić information content (AvgIpc) is 3.48. The summed E-state index contributed by atoms with van der Waals surface area (Å²) in [5, 5.41) is 6.81. The summed E-state index contributed by atoms with van der Waals surface area (Å²) < 4.78 is 5.43. The molecule has 1 aromatic heterocycles. The van der Waals surface area contributed by atoms with E-state index >= 15 is 0 Å². The molecule has 4 rings (SSSR count). The second-order valence-corrected chi connectivity index (χ2v) is 8.36. The molecule has 1 aromatic carbocycles. The Balaban J connectivity index is 1.42. The van der Waals surface area contributed by atoms with Gasteiger partial charge in [0.25, 0.3) is 5.91 Å². The fourth-order valence-electron chi connectivity index (χ4n) is 3.29. The number of carbonyl (C=O) groups is 2. The fourth-order valence-corrected chi connectivity index (χ4v) is 4.10. The zero-order valence-electron chi connectivity index (χ0n) is 15.7. The van der Waals surface area contributed by atoms with Crippen molar-refractivity contribution in [3.05, 3.63) is 52.9 Å². The molecule has 2 aliphatic rings. The molecule has 2 fully saturated rings. The van der Waals surface area contributed by atoms with Gasteiger partial charge in [-0.2, -0.15) is 0 Å². The topological polar surface area (TPSA) is 70.7 Å². The van der Waals surface area contributed by atoms with Gasteiger partial charge in [0.2, 0.25) is 5.91 Å². The molecule has 2 amide bonds. The second kappa shape index (κ2) is 8.86. The van der Waals surface area contributed by atoms with E-state index in [9.17, 15) is 9.59 Å². The lowest BCUT2D eigenvalue weighted by molar-refractivity contribution is -0.117. The zero-order valence-corrected chi connectivity index (χ0v) is 16.5. The number of rotatable bonds is 7. The van der Waals surface area contributed by atoms with Gasteiger partial charge in [0.05, 0.1) is 29.1 Å². The number of hydrogen-bond donors (Lipinski definition) is 2. The molecule has 28 heavy (non-hydrogen) atoms. The molecule has 1 aliphatic heterocycles. The summed E-state index contributed by atoms with van der Waals surface area (Å²) in [5.74, 6) is 0.0951. The van der Waals surface area contributed by atoms with E-state index < -0.39 is 0 Å². The summed E-state index contributed by atoms with van der Waals surface area (Å²) in [4.78, 5) is 27.7. The molecule has 0 radical (unpaired) electrons. The van der Waals surface area contributed by atoms with Gasteiger partial charge in [-0.3, -0.25) is 14.5 Å².